The number of carbonyl (C=O) groups excluding carboxylic acids is 1. The van der Waals surface area contributed by atoms with Gasteiger partial charge in [-0.05, 0) is 41.2 Å². The first-order valence-electron chi connectivity index (χ1n) is 9.28. The first kappa shape index (κ1) is 18.0. The van der Waals surface area contributed by atoms with E-state index < -0.39 is 0 Å². The van der Waals surface area contributed by atoms with E-state index in [0.29, 0.717) is 11.3 Å². The van der Waals surface area contributed by atoms with Gasteiger partial charge in [0.1, 0.15) is 5.69 Å². The summed E-state index contributed by atoms with van der Waals surface area (Å²) in [5.74, 6) is -0.325. The summed E-state index contributed by atoms with van der Waals surface area (Å²) in [4.78, 5) is 11.9. The van der Waals surface area contributed by atoms with Crippen molar-refractivity contribution in [2.45, 2.75) is 19.3 Å². The van der Waals surface area contributed by atoms with Gasteiger partial charge in [0.2, 0.25) is 0 Å². The molecule has 1 heterocycles. The predicted molar refractivity (Wildman–Crippen MR) is 108 cm³/mol. The van der Waals surface area contributed by atoms with E-state index in [1.807, 2.05) is 42.5 Å². The van der Waals surface area contributed by atoms with Crippen LogP contribution in [0.4, 0.5) is 0 Å². The normalized spacial score (nSPS) is 10.9. The predicted octanol–water partition coefficient (Wildman–Crippen LogP) is 4.72. The van der Waals surface area contributed by atoms with Crippen LogP contribution in [0.5, 0.6) is 0 Å². The van der Waals surface area contributed by atoms with Crippen molar-refractivity contribution in [1.82, 2.24) is 5.16 Å². The largest absolute Gasteiger partial charge is 0.469 e. The summed E-state index contributed by atoms with van der Waals surface area (Å²) in [6.45, 7) is 0. The maximum atomic E-state index is 11.9. The summed E-state index contributed by atoms with van der Waals surface area (Å²) < 4.78 is 10.4. The zero-order valence-corrected chi connectivity index (χ0v) is 15.7. The van der Waals surface area contributed by atoms with E-state index in [2.05, 4.69) is 35.5 Å². The number of rotatable bonds is 6. The highest BCUT2D eigenvalue weighted by Gasteiger charge is 2.19. The molecule has 0 radical (unpaired) electrons. The maximum absolute atomic E-state index is 11.9. The molecule has 4 aromatic rings. The van der Waals surface area contributed by atoms with Crippen molar-refractivity contribution in [3.63, 3.8) is 0 Å². The number of ether oxygens (including phenoxy) is 1. The monoisotopic (exact) mass is 371 g/mol. The number of methoxy groups -OCH3 is 1. The number of benzene rings is 3. The van der Waals surface area contributed by atoms with Crippen LogP contribution in [-0.4, -0.2) is 18.2 Å². The van der Waals surface area contributed by atoms with Crippen LogP contribution in [0, 0.1) is 0 Å². The number of fused-ring (bicyclic) bond motifs is 1. The van der Waals surface area contributed by atoms with Gasteiger partial charge in [-0.3, -0.25) is 4.79 Å². The molecule has 0 fully saturated rings. The molecule has 1 aromatic heterocycles. The minimum absolute atomic E-state index is 0.0973. The second kappa shape index (κ2) is 8.09. The maximum Gasteiger partial charge on any atom is 0.311 e. The summed E-state index contributed by atoms with van der Waals surface area (Å²) in [7, 11) is 1.39. The summed E-state index contributed by atoms with van der Waals surface area (Å²) in [6.07, 6.45) is 1.65. The van der Waals surface area contributed by atoms with Gasteiger partial charge < -0.3 is 9.26 Å². The number of aromatic nitrogens is 1. The molecule has 4 heteroatoms. The van der Waals surface area contributed by atoms with Crippen molar-refractivity contribution in [1.29, 1.82) is 0 Å². The highest BCUT2D eigenvalue weighted by molar-refractivity contribution is 5.88. The number of hydrogen-bond donors (Lipinski definition) is 0. The minimum Gasteiger partial charge on any atom is -0.469 e. The lowest BCUT2D eigenvalue weighted by molar-refractivity contribution is -0.139. The van der Waals surface area contributed by atoms with Crippen molar-refractivity contribution in [2.75, 3.05) is 7.11 Å². The summed E-state index contributed by atoms with van der Waals surface area (Å²) in [5.41, 5.74) is 6.12. The molecule has 4 rings (SSSR count). The number of esters is 1. The second-order valence-electron chi connectivity index (χ2n) is 6.78. The van der Waals surface area contributed by atoms with Crippen LogP contribution in [0.1, 0.15) is 27.9 Å². The van der Waals surface area contributed by atoms with Crippen molar-refractivity contribution in [3.05, 3.63) is 101 Å². The third-order valence-corrected chi connectivity index (χ3v) is 4.92. The molecule has 0 unspecified atom stereocenters. The fourth-order valence-electron chi connectivity index (χ4n) is 3.52. The van der Waals surface area contributed by atoms with E-state index >= 15 is 0 Å². The van der Waals surface area contributed by atoms with E-state index in [0.717, 1.165) is 23.8 Å². The Labute approximate surface area is 163 Å². The van der Waals surface area contributed by atoms with Gasteiger partial charge in [-0.2, -0.15) is 0 Å². The third kappa shape index (κ3) is 3.81. The molecule has 0 bridgehead atoms. The molecule has 0 saturated carbocycles. The molecule has 4 nitrogen and oxygen atoms in total. The number of hydrogen-bond acceptors (Lipinski definition) is 4. The molecule has 28 heavy (non-hydrogen) atoms. The van der Waals surface area contributed by atoms with Gasteiger partial charge in [0.25, 0.3) is 0 Å². The molecule has 0 spiro atoms. The Hall–Kier alpha value is -3.40. The molecule has 0 aliphatic rings. The summed E-state index contributed by atoms with van der Waals surface area (Å²) in [6, 6.07) is 24.7. The molecule has 0 N–H and O–H groups in total. The minimum atomic E-state index is -0.325. The van der Waals surface area contributed by atoms with Crippen LogP contribution >= 0.6 is 0 Å². The Morgan fingerprint density at radius 2 is 1.54 bits per heavy atom. The van der Waals surface area contributed by atoms with Gasteiger partial charge >= 0.3 is 5.97 Å². The van der Waals surface area contributed by atoms with Crippen LogP contribution in [0.25, 0.3) is 11.0 Å². The van der Waals surface area contributed by atoms with E-state index in [-0.39, 0.29) is 12.4 Å². The van der Waals surface area contributed by atoms with Crippen molar-refractivity contribution < 1.29 is 14.1 Å². The third-order valence-electron chi connectivity index (χ3n) is 4.92. The first-order chi connectivity index (χ1) is 13.7. The van der Waals surface area contributed by atoms with Gasteiger partial charge in [-0.1, -0.05) is 71.9 Å². The Kier molecular flexibility index (Phi) is 5.20. The molecule has 0 aliphatic heterocycles. The highest BCUT2D eigenvalue weighted by Crippen LogP contribution is 2.30. The van der Waals surface area contributed by atoms with E-state index in [1.54, 1.807) is 0 Å². The van der Waals surface area contributed by atoms with E-state index in [4.69, 9.17) is 9.26 Å². The lowest BCUT2D eigenvalue weighted by Crippen LogP contribution is -2.06. The van der Waals surface area contributed by atoms with Crippen molar-refractivity contribution in [2.24, 2.45) is 0 Å². The number of carbonyl (C=O) groups is 1. The van der Waals surface area contributed by atoms with Crippen molar-refractivity contribution >= 4 is 16.9 Å². The van der Waals surface area contributed by atoms with Crippen LogP contribution in [0.3, 0.4) is 0 Å². The molecule has 140 valence electrons. The number of nitrogens with zero attached hydrogens (tertiary/aromatic N) is 1. The average Bonchev–Trinajstić information content (AvgIpc) is 3.14. The van der Waals surface area contributed by atoms with Crippen LogP contribution < -0.4 is 0 Å². The van der Waals surface area contributed by atoms with Gasteiger partial charge in [0.05, 0.1) is 13.5 Å². The zero-order valence-electron chi connectivity index (χ0n) is 15.7. The first-order valence-corrected chi connectivity index (χ1v) is 9.28. The topological polar surface area (TPSA) is 52.3 Å². The Balaban J connectivity index is 1.83. The van der Waals surface area contributed by atoms with Gasteiger partial charge in [-0.15, -0.1) is 0 Å². The standard InChI is InChI=1S/C24H21NO3/c1-27-23(26)16-21-24-20(15-18-10-6-3-7-11-18)19(12-13-22(24)28-25-21)14-17-8-4-2-5-9-17/h2-13H,14-16H2,1H3. The summed E-state index contributed by atoms with van der Waals surface area (Å²) in [5, 5.41) is 5.08. The quantitative estimate of drug-likeness (QED) is 0.460. The van der Waals surface area contributed by atoms with E-state index in [1.165, 1.54) is 23.8 Å². The lowest BCUT2D eigenvalue weighted by atomic mass is 9.91. The van der Waals surface area contributed by atoms with Crippen LogP contribution in [-0.2, 0) is 28.8 Å². The average molecular weight is 371 g/mol. The summed E-state index contributed by atoms with van der Waals surface area (Å²) >= 11 is 0. The molecule has 0 aliphatic carbocycles. The van der Waals surface area contributed by atoms with Crippen LogP contribution in [0.2, 0.25) is 0 Å². The lowest BCUT2D eigenvalue weighted by Gasteiger charge is -2.12. The van der Waals surface area contributed by atoms with Crippen LogP contribution in [0.15, 0.2) is 77.3 Å². The Morgan fingerprint density at radius 1 is 0.893 bits per heavy atom. The highest BCUT2D eigenvalue weighted by atomic mass is 16.5. The second-order valence-corrected chi connectivity index (χ2v) is 6.78. The molecule has 0 amide bonds. The fourth-order valence-corrected chi connectivity index (χ4v) is 3.52. The molecule has 0 atom stereocenters. The zero-order chi connectivity index (χ0) is 19.3. The Bertz CT molecular complexity index is 1090. The Morgan fingerprint density at radius 3 is 2.18 bits per heavy atom. The van der Waals surface area contributed by atoms with Crippen molar-refractivity contribution in [3.8, 4) is 0 Å². The molecule has 3 aromatic carbocycles. The molecular weight excluding hydrogens is 350 g/mol. The van der Waals surface area contributed by atoms with Gasteiger partial charge in [-0.25, -0.2) is 0 Å². The smallest absolute Gasteiger partial charge is 0.311 e. The van der Waals surface area contributed by atoms with E-state index in [9.17, 15) is 4.79 Å². The fraction of sp³-hybridized carbons (Fsp3) is 0.167. The molecular formula is C24H21NO3. The van der Waals surface area contributed by atoms with Gasteiger partial charge in [0, 0.05) is 5.39 Å². The SMILES string of the molecule is COC(=O)Cc1noc2ccc(Cc3ccccc3)c(Cc3ccccc3)c12. The molecule has 0 saturated heterocycles. The van der Waals surface area contributed by atoms with Gasteiger partial charge in [0.15, 0.2) is 5.58 Å².